The molecule has 0 heterocycles. The lowest BCUT2D eigenvalue weighted by Crippen LogP contribution is -2.51. The normalized spacial score (nSPS) is 32.2. The predicted octanol–water partition coefficient (Wildman–Crippen LogP) is 3.68. The van der Waals surface area contributed by atoms with Gasteiger partial charge in [-0.1, -0.05) is 39.5 Å². The van der Waals surface area contributed by atoms with Crippen LogP contribution in [0.15, 0.2) is 0 Å². The van der Waals surface area contributed by atoms with Gasteiger partial charge >= 0.3 is 0 Å². The summed E-state index contributed by atoms with van der Waals surface area (Å²) in [6.45, 7) is 5.29. The average molecular weight is 316 g/mol. The van der Waals surface area contributed by atoms with Gasteiger partial charge in [0.1, 0.15) is 0 Å². The van der Waals surface area contributed by atoms with Crippen LogP contribution < -0.4 is 5.32 Å². The van der Waals surface area contributed by atoms with Gasteiger partial charge in [0, 0.05) is 6.04 Å². The number of rotatable bonds is 6. The van der Waals surface area contributed by atoms with Crippen LogP contribution >= 0.6 is 0 Å². The molecule has 0 aromatic heterocycles. The zero-order chi connectivity index (χ0) is 15.3. The van der Waals surface area contributed by atoms with E-state index in [-0.39, 0.29) is 16.5 Å². The predicted molar refractivity (Wildman–Crippen MR) is 89.3 cm³/mol. The van der Waals surface area contributed by atoms with E-state index < -0.39 is 9.84 Å². The summed E-state index contributed by atoms with van der Waals surface area (Å²) >= 11 is 0. The van der Waals surface area contributed by atoms with E-state index in [1.807, 2.05) is 0 Å². The van der Waals surface area contributed by atoms with Gasteiger partial charge in [-0.05, 0) is 51.0 Å². The fourth-order valence-electron chi connectivity index (χ4n) is 4.15. The molecule has 2 aliphatic rings. The molecule has 2 saturated carbocycles. The van der Waals surface area contributed by atoms with Gasteiger partial charge in [0.05, 0.1) is 10.5 Å². The van der Waals surface area contributed by atoms with E-state index in [2.05, 4.69) is 19.2 Å². The fourth-order valence-corrected chi connectivity index (χ4v) is 6.87. The van der Waals surface area contributed by atoms with Crippen molar-refractivity contribution in [2.75, 3.05) is 6.54 Å². The molecule has 2 fully saturated rings. The Morgan fingerprint density at radius 2 is 1.71 bits per heavy atom. The molecule has 0 aromatic rings. The molecule has 0 amide bonds. The highest BCUT2D eigenvalue weighted by Gasteiger charge is 2.42. The molecule has 0 saturated heterocycles. The van der Waals surface area contributed by atoms with E-state index in [0.29, 0.717) is 5.92 Å². The molecular formula is C17H33NO2S. The number of nitrogens with one attached hydrogen (secondary N) is 1. The molecule has 2 rings (SSSR count). The van der Waals surface area contributed by atoms with Crippen LogP contribution in [-0.4, -0.2) is 31.5 Å². The number of hydrogen-bond acceptors (Lipinski definition) is 3. The van der Waals surface area contributed by atoms with Gasteiger partial charge in [-0.15, -0.1) is 0 Å². The van der Waals surface area contributed by atoms with E-state index in [1.54, 1.807) is 0 Å². The highest BCUT2D eigenvalue weighted by molar-refractivity contribution is 7.92. The first-order valence-electron chi connectivity index (χ1n) is 9.05. The van der Waals surface area contributed by atoms with Crippen molar-refractivity contribution in [2.24, 2.45) is 5.92 Å². The summed E-state index contributed by atoms with van der Waals surface area (Å²) in [4.78, 5) is 0. The molecule has 0 radical (unpaired) electrons. The van der Waals surface area contributed by atoms with E-state index in [4.69, 9.17) is 0 Å². The van der Waals surface area contributed by atoms with Gasteiger partial charge in [0.15, 0.2) is 9.84 Å². The third kappa shape index (κ3) is 4.22. The third-order valence-electron chi connectivity index (χ3n) is 5.57. The zero-order valence-corrected chi connectivity index (χ0v) is 14.6. The SMILES string of the molecule is CCCNC1CCC(CC)CC1S(=O)(=O)C1CCCCC1. The van der Waals surface area contributed by atoms with Crippen molar-refractivity contribution in [1.82, 2.24) is 5.32 Å². The molecule has 0 aliphatic heterocycles. The highest BCUT2D eigenvalue weighted by Crippen LogP contribution is 2.36. The Balaban J connectivity index is 2.12. The highest BCUT2D eigenvalue weighted by atomic mass is 32.2. The van der Waals surface area contributed by atoms with Gasteiger partial charge in [-0.2, -0.15) is 0 Å². The summed E-state index contributed by atoms with van der Waals surface area (Å²) in [7, 11) is -2.97. The quantitative estimate of drug-likeness (QED) is 0.813. The van der Waals surface area contributed by atoms with Crippen LogP contribution in [0.2, 0.25) is 0 Å². The third-order valence-corrected chi connectivity index (χ3v) is 8.34. The lowest BCUT2D eigenvalue weighted by Gasteiger charge is -2.38. The van der Waals surface area contributed by atoms with Crippen molar-refractivity contribution in [3.63, 3.8) is 0 Å². The summed E-state index contributed by atoms with van der Waals surface area (Å²) in [6.07, 6.45) is 10.5. The molecule has 0 spiro atoms. The molecule has 3 unspecified atom stereocenters. The second kappa shape index (κ2) is 7.96. The minimum atomic E-state index is -2.97. The van der Waals surface area contributed by atoms with Gasteiger partial charge in [-0.3, -0.25) is 0 Å². The van der Waals surface area contributed by atoms with Crippen LogP contribution in [0.3, 0.4) is 0 Å². The first kappa shape index (κ1) is 17.3. The van der Waals surface area contributed by atoms with Crippen molar-refractivity contribution in [1.29, 1.82) is 0 Å². The van der Waals surface area contributed by atoms with Crippen LogP contribution in [-0.2, 0) is 9.84 Å². The topological polar surface area (TPSA) is 46.2 Å². The van der Waals surface area contributed by atoms with Gasteiger partial charge in [0.25, 0.3) is 0 Å². The molecule has 3 atom stereocenters. The Morgan fingerprint density at radius 1 is 1.00 bits per heavy atom. The standard InChI is InChI=1S/C17H33NO2S/c1-3-12-18-16-11-10-14(4-2)13-17(16)21(19,20)15-8-6-5-7-9-15/h14-18H,3-13H2,1-2H3. The van der Waals surface area contributed by atoms with Crippen LogP contribution in [0.5, 0.6) is 0 Å². The van der Waals surface area contributed by atoms with Crippen LogP contribution in [0, 0.1) is 5.92 Å². The second-order valence-electron chi connectivity index (χ2n) is 7.04. The zero-order valence-electron chi connectivity index (χ0n) is 13.8. The Kier molecular flexibility index (Phi) is 6.54. The Hall–Kier alpha value is -0.0900. The van der Waals surface area contributed by atoms with Crippen LogP contribution in [0.25, 0.3) is 0 Å². The molecule has 4 heteroatoms. The average Bonchev–Trinajstić information content (AvgIpc) is 2.53. The Bertz CT molecular complexity index is 401. The fraction of sp³-hybridized carbons (Fsp3) is 1.00. The van der Waals surface area contributed by atoms with Gasteiger partial charge in [0.2, 0.25) is 0 Å². The maximum atomic E-state index is 13.1. The van der Waals surface area contributed by atoms with Crippen molar-refractivity contribution < 1.29 is 8.42 Å². The lowest BCUT2D eigenvalue weighted by molar-refractivity contribution is 0.285. The smallest absolute Gasteiger partial charge is 0.157 e. The summed E-state index contributed by atoms with van der Waals surface area (Å²) in [5, 5.41) is 3.34. The minimum Gasteiger partial charge on any atom is -0.313 e. The molecule has 124 valence electrons. The molecule has 21 heavy (non-hydrogen) atoms. The first-order chi connectivity index (χ1) is 10.1. The first-order valence-corrected chi connectivity index (χ1v) is 10.7. The maximum absolute atomic E-state index is 13.1. The Labute approximate surface area is 131 Å². The van der Waals surface area contributed by atoms with Gasteiger partial charge in [-0.25, -0.2) is 8.42 Å². The van der Waals surface area contributed by atoms with E-state index in [9.17, 15) is 8.42 Å². The summed E-state index contributed by atoms with van der Waals surface area (Å²) in [5.41, 5.74) is 0. The number of hydrogen-bond donors (Lipinski definition) is 1. The largest absolute Gasteiger partial charge is 0.313 e. The molecule has 0 bridgehead atoms. The molecule has 1 N–H and O–H groups in total. The maximum Gasteiger partial charge on any atom is 0.157 e. The summed E-state index contributed by atoms with van der Waals surface area (Å²) < 4.78 is 26.3. The van der Waals surface area contributed by atoms with E-state index in [1.165, 1.54) is 12.8 Å². The molecule has 0 aromatic carbocycles. The van der Waals surface area contributed by atoms with Gasteiger partial charge < -0.3 is 5.32 Å². The van der Waals surface area contributed by atoms with E-state index in [0.717, 1.165) is 57.9 Å². The minimum absolute atomic E-state index is 0.0576. The second-order valence-corrected chi connectivity index (χ2v) is 9.49. The lowest BCUT2D eigenvalue weighted by atomic mass is 9.84. The summed E-state index contributed by atoms with van der Waals surface area (Å²) in [5.74, 6) is 0.605. The van der Waals surface area contributed by atoms with E-state index >= 15 is 0 Å². The van der Waals surface area contributed by atoms with Crippen LogP contribution in [0.4, 0.5) is 0 Å². The van der Waals surface area contributed by atoms with Crippen molar-refractivity contribution in [3.05, 3.63) is 0 Å². The number of sulfone groups is 1. The van der Waals surface area contributed by atoms with Crippen molar-refractivity contribution >= 4 is 9.84 Å². The van der Waals surface area contributed by atoms with Crippen molar-refractivity contribution in [3.8, 4) is 0 Å². The monoisotopic (exact) mass is 315 g/mol. The molecule has 2 aliphatic carbocycles. The Morgan fingerprint density at radius 3 is 2.33 bits per heavy atom. The molecule has 3 nitrogen and oxygen atoms in total. The summed E-state index contributed by atoms with van der Waals surface area (Å²) in [6, 6.07) is 0.194. The molecular weight excluding hydrogens is 282 g/mol. The van der Waals surface area contributed by atoms with Crippen LogP contribution in [0.1, 0.15) is 78.1 Å². The van der Waals surface area contributed by atoms with Crippen molar-refractivity contribution in [2.45, 2.75) is 94.6 Å².